The number of para-hydroxylation sites is 3. The average Bonchev–Trinajstić information content (AvgIpc) is 3.08. The molecule has 7 nitrogen and oxygen atoms in total. The van der Waals surface area contributed by atoms with Crippen LogP contribution in [0.25, 0.3) is 0 Å². The van der Waals surface area contributed by atoms with Crippen LogP contribution in [0.2, 0.25) is 0 Å². The topological polar surface area (TPSA) is 62.3 Å². The van der Waals surface area contributed by atoms with Gasteiger partial charge < -0.3 is 0 Å². The van der Waals surface area contributed by atoms with Gasteiger partial charge in [-0.25, -0.2) is 0 Å². The van der Waals surface area contributed by atoms with Crippen LogP contribution in [0.3, 0.4) is 0 Å². The van der Waals surface area contributed by atoms with Crippen molar-refractivity contribution < 1.29 is 15.6 Å². The van der Waals surface area contributed by atoms with Gasteiger partial charge in [0.25, 0.3) is 0 Å². The summed E-state index contributed by atoms with van der Waals surface area (Å²) in [6.07, 6.45) is 0. The van der Waals surface area contributed by atoms with E-state index >= 15 is 0 Å². The zero-order chi connectivity index (χ0) is 32.9. The van der Waals surface area contributed by atoms with E-state index in [9.17, 15) is 9.59 Å². The van der Waals surface area contributed by atoms with Crippen LogP contribution in [0.15, 0.2) is 133 Å². The predicted molar refractivity (Wildman–Crippen MR) is 191 cm³/mol. The molecule has 0 saturated heterocycles. The van der Waals surface area contributed by atoms with Gasteiger partial charge >= 0.3 is 275 Å². The molecule has 0 aliphatic carbocycles. The third-order valence-electron chi connectivity index (χ3n) is 7.94. The second-order valence-corrected chi connectivity index (χ2v) is 22.2. The van der Waals surface area contributed by atoms with E-state index in [2.05, 4.69) is 0 Å². The fraction of sp³-hybridized carbons (Fsp3) is 0.158. The van der Waals surface area contributed by atoms with Crippen LogP contribution < -0.4 is 25.2 Å². The molecule has 0 aliphatic rings. The summed E-state index contributed by atoms with van der Waals surface area (Å²) in [7, 11) is 11.6. The Morgan fingerprint density at radius 2 is 0.674 bits per heavy atom. The number of carbonyl (C=O) groups is 2. The van der Waals surface area contributed by atoms with Gasteiger partial charge in [0.05, 0.1) is 0 Å². The first-order chi connectivity index (χ1) is 22.1. The van der Waals surface area contributed by atoms with E-state index in [0.717, 1.165) is 17.1 Å². The summed E-state index contributed by atoms with van der Waals surface area (Å²) in [6, 6.07) is 41.1. The predicted octanol–water partition coefficient (Wildman–Crippen LogP) is 5.02. The summed E-state index contributed by atoms with van der Waals surface area (Å²) in [5.41, 5.74) is 3.02. The van der Waals surface area contributed by atoms with E-state index in [1.165, 1.54) is 0 Å². The van der Waals surface area contributed by atoms with Crippen molar-refractivity contribution in [3.63, 3.8) is 0 Å². The maximum atomic E-state index is 14.7. The third kappa shape index (κ3) is 5.72. The Kier molecular flexibility index (Phi) is 9.45. The quantitative estimate of drug-likeness (QED) is 0.188. The van der Waals surface area contributed by atoms with Crippen molar-refractivity contribution in [1.29, 1.82) is 0 Å². The van der Waals surface area contributed by atoms with Gasteiger partial charge in [-0.15, -0.1) is 0 Å². The van der Waals surface area contributed by atoms with Crippen molar-refractivity contribution in [1.82, 2.24) is 0 Å². The van der Waals surface area contributed by atoms with E-state index in [0.29, 0.717) is 21.7 Å². The van der Waals surface area contributed by atoms with Crippen molar-refractivity contribution in [2.45, 2.75) is 0 Å². The summed E-state index contributed by atoms with van der Waals surface area (Å²) in [5, 5.41) is 0. The Labute approximate surface area is 273 Å². The fourth-order valence-electron chi connectivity index (χ4n) is 5.83. The first-order valence-corrected chi connectivity index (χ1v) is 20.9. The van der Waals surface area contributed by atoms with E-state index in [1.54, 1.807) is 48.5 Å². The van der Waals surface area contributed by atoms with Crippen LogP contribution in [0.5, 0.6) is 0 Å². The number of hydrogen-bond acceptors (Lipinski definition) is 7. The number of nitrogens with zero attached hydrogens (tertiary/aromatic N) is 3. The number of hydrogen-bond donors (Lipinski definition) is 0. The van der Waals surface area contributed by atoms with Crippen molar-refractivity contribution in [3.05, 3.63) is 145 Å². The molecule has 0 N–H and O–H groups in total. The minimum absolute atomic E-state index is 0.350. The fourth-order valence-corrected chi connectivity index (χ4v) is 21.2. The molecule has 46 heavy (non-hydrogen) atoms. The summed E-state index contributed by atoms with van der Waals surface area (Å²) in [6.45, 7) is 0. The minimum atomic E-state index is -6.48. The Bertz CT molecular complexity index is 1660. The second kappa shape index (κ2) is 13.3. The Balaban J connectivity index is 2.10. The molecule has 0 aromatic heterocycles. The van der Waals surface area contributed by atoms with Crippen molar-refractivity contribution in [3.8, 4) is 0 Å². The first kappa shape index (κ1) is 32.6. The first-order valence-electron chi connectivity index (χ1n) is 15.0. The summed E-state index contributed by atoms with van der Waals surface area (Å²) < 4.78 is 16.5. The van der Waals surface area contributed by atoms with Gasteiger partial charge in [0.15, 0.2) is 0 Å². The summed E-state index contributed by atoms with van der Waals surface area (Å²) >= 11 is -6.48. The van der Waals surface area contributed by atoms with Gasteiger partial charge in [0, 0.05) is 0 Å². The molecular formula is C38H40N3O4Sb. The summed E-state index contributed by atoms with van der Waals surface area (Å²) in [5.74, 6) is -1.17. The Morgan fingerprint density at radius 1 is 0.413 bits per heavy atom. The average molecular weight is 725 g/mol. The van der Waals surface area contributed by atoms with Gasteiger partial charge in [-0.1, -0.05) is 0 Å². The molecule has 8 heteroatoms. The molecule has 0 spiro atoms. The van der Waals surface area contributed by atoms with Gasteiger partial charge in [0.2, 0.25) is 0 Å². The molecule has 0 radical (unpaired) electrons. The van der Waals surface area contributed by atoms with Gasteiger partial charge in [-0.3, -0.25) is 0 Å². The molecule has 0 fully saturated rings. The van der Waals surface area contributed by atoms with Crippen LogP contribution in [-0.4, -0.2) is 72.5 Å². The van der Waals surface area contributed by atoms with Crippen LogP contribution in [0.4, 0.5) is 17.1 Å². The Morgan fingerprint density at radius 3 is 0.957 bits per heavy atom. The van der Waals surface area contributed by atoms with Crippen LogP contribution in [0.1, 0.15) is 20.7 Å². The van der Waals surface area contributed by atoms with E-state index < -0.39 is 30.2 Å². The standard InChI is InChI=1S/3C8H10N.2C7H6O2.Sb/c3*1-9(2)8-6-4-3-5-7-8;2*8-7(9)6-4-2-1-3-5-6;/h3*3-6H,1-2H3;2*1-5H,(H,8,9);/q;;;;;+2/p-2. The second-order valence-electron chi connectivity index (χ2n) is 11.6. The van der Waals surface area contributed by atoms with Gasteiger partial charge in [-0.2, -0.15) is 0 Å². The zero-order valence-corrected chi connectivity index (χ0v) is 29.7. The molecule has 5 rings (SSSR count). The van der Waals surface area contributed by atoms with Gasteiger partial charge in [0.1, 0.15) is 0 Å². The molecule has 0 atom stereocenters. The molecule has 236 valence electrons. The number of benzene rings is 5. The number of rotatable bonds is 10. The van der Waals surface area contributed by atoms with Crippen LogP contribution >= 0.6 is 0 Å². The monoisotopic (exact) mass is 723 g/mol. The molecule has 5 aromatic carbocycles. The van der Waals surface area contributed by atoms with Crippen molar-refractivity contribution in [2.24, 2.45) is 0 Å². The van der Waals surface area contributed by atoms with E-state index in [1.807, 2.05) is 142 Å². The molecule has 5 aromatic rings. The van der Waals surface area contributed by atoms with E-state index in [4.69, 9.17) is 6.03 Å². The van der Waals surface area contributed by atoms with Crippen LogP contribution in [-0.2, 0) is 6.03 Å². The van der Waals surface area contributed by atoms with Crippen LogP contribution in [0, 0.1) is 0 Å². The molecule has 0 unspecified atom stereocenters. The molecule has 0 aliphatic heterocycles. The molecular weight excluding hydrogens is 684 g/mol. The SMILES string of the molecule is CN(C)c1cccc[c]1[Sb]([O]C(=O)c1ccccc1)([O]C(=O)c1ccccc1)([c]1ccccc1N(C)C)[c]1ccccc1N(C)C. The van der Waals surface area contributed by atoms with E-state index in [-0.39, 0.29) is 0 Å². The van der Waals surface area contributed by atoms with Crippen molar-refractivity contribution >= 4 is 57.8 Å². The zero-order valence-electron chi connectivity index (χ0n) is 27.1. The Hall–Kier alpha value is -4.74. The number of carbonyl (C=O) groups excluding carboxylic acids is 2. The molecule has 0 amide bonds. The van der Waals surface area contributed by atoms with Crippen molar-refractivity contribution in [2.75, 3.05) is 57.0 Å². The third-order valence-corrected chi connectivity index (χ3v) is 21.6. The molecule has 0 heterocycles. The number of anilines is 3. The normalized spacial score (nSPS) is 11.9. The molecule has 0 bridgehead atoms. The summed E-state index contributed by atoms with van der Waals surface area (Å²) in [4.78, 5) is 35.4. The van der Waals surface area contributed by atoms with Gasteiger partial charge in [-0.05, 0) is 0 Å². The molecule has 0 saturated carbocycles. The maximum absolute atomic E-state index is 14.7.